The molecule has 2 fully saturated rings. The standard InChI is InChI=1S/C19H32N2O14/c1-6(23)20-11-8(25)3-19(18(31)32,35-16(11)13(27)9(26)4-22)33-5-10-14(28)15(29)12(17(30)34-10)21-7(2)24/h8-17,22,25-30H,3-5H2,1-2H3,(H,20,23)(H,21,24)(H,31,32)/t8-,9?,10+,11+,12+,13?,14-,15+,16+,17+,19-/m0/s1. The Morgan fingerprint density at radius 1 is 1.03 bits per heavy atom. The summed E-state index contributed by atoms with van der Waals surface area (Å²) in [5.41, 5.74) is 0. The number of hydrogen-bond acceptors (Lipinski definition) is 13. The number of carbonyl (C=O) groups excluding carboxylic acids is 2. The van der Waals surface area contributed by atoms with E-state index in [4.69, 9.17) is 19.3 Å². The smallest absolute Gasteiger partial charge is 0.364 e. The number of aliphatic hydroxyl groups excluding tert-OH is 7. The third kappa shape index (κ3) is 6.62. The van der Waals surface area contributed by atoms with Crippen LogP contribution in [-0.2, 0) is 28.6 Å². The molecule has 16 nitrogen and oxygen atoms in total. The van der Waals surface area contributed by atoms with Crippen molar-refractivity contribution >= 4 is 17.8 Å². The Kier molecular flexibility index (Phi) is 9.88. The van der Waals surface area contributed by atoms with Gasteiger partial charge in [-0.15, -0.1) is 0 Å². The number of aliphatic hydroxyl groups is 7. The molecule has 2 saturated heterocycles. The molecule has 0 aromatic rings. The summed E-state index contributed by atoms with van der Waals surface area (Å²) in [5.74, 6) is -5.80. The van der Waals surface area contributed by atoms with Gasteiger partial charge in [0.1, 0.15) is 42.7 Å². The quantitative estimate of drug-likeness (QED) is 0.138. The first-order chi connectivity index (χ1) is 16.2. The zero-order chi connectivity index (χ0) is 26.7. The van der Waals surface area contributed by atoms with Crippen LogP contribution in [0.25, 0.3) is 0 Å². The molecule has 2 unspecified atom stereocenters. The molecule has 2 rings (SSSR count). The highest BCUT2D eigenvalue weighted by atomic mass is 16.7. The molecular formula is C19H32N2O14. The average Bonchev–Trinajstić information content (AvgIpc) is 2.78. The molecule has 2 aliphatic rings. The van der Waals surface area contributed by atoms with E-state index in [1.54, 1.807) is 0 Å². The Hall–Kier alpha value is -1.99. The zero-order valence-corrected chi connectivity index (χ0v) is 18.9. The Labute approximate surface area is 199 Å². The predicted octanol–water partition coefficient (Wildman–Crippen LogP) is -5.90. The van der Waals surface area contributed by atoms with Crippen LogP contribution in [0.3, 0.4) is 0 Å². The summed E-state index contributed by atoms with van der Waals surface area (Å²) in [6.45, 7) is 0.409. The minimum Gasteiger partial charge on any atom is -0.477 e. The van der Waals surface area contributed by atoms with Crippen molar-refractivity contribution in [2.75, 3.05) is 13.2 Å². The number of amides is 2. The Bertz CT molecular complexity index is 770. The molecule has 0 spiro atoms. The number of carbonyl (C=O) groups is 3. The van der Waals surface area contributed by atoms with Crippen molar-refractivity contribution in [2.45, 2.75) is 87.2 Å². The number of hydrogen-bond donors (Lipinski definition) is 10. The van der Waals surface area contributed by atoms with E-state index < -0.39 is 104 Å². The van der Waals surface area contributed by atoms with E-state index in [-0.39, 0.29) is 0 Å². The van der Waals surface area contributed by atoms with E-state index in [9.17, 15) is 50.1 Å². The van der Waals surface area contributed by atoms with Crippen LogP contribution in [0.2, 0.25) is 0 Å². The normalized spacial score (nSPS) is 39.3. The van der Waals surface area contributed by atoms with E-state index >= 15 is 0 Å². The molecule has 2 aliphatic heterocycles. The monoisotopic (exact) mass is 512 g/mol. The van der Waals surface area contributed by atoms with Crippen LogP contribution in [0.4, 0.5) is 0 Å². The van der Waals surface area contributed by atoms with Crippen LogP contribution < -0.4 is 10.6 Å². The molecular weight excluding hydrogens is 480 g/mol. The van der Waals surface area contributed by atoms with Crippen molar-refractivity contribution in [3.05, 3.63) is 0 Å². The van der Waals surface area contributed by atoms with Gasteiger partial charge < -0.3 is 65.7 Å². The summed E-state index contributed by atoms with van der Waals surface area (Å²) in [6, 6.07) is -2.80. The van der Waals surface area contributed by atoms with Gasteiger partial charge in [-0.1, -0.05) is 0 Å². The van der Waals surface area contributed by atoms with Gasteiger partial charge in [-0.2, -0.15) is 0 Å². The molecule has 0 bridgehead atoms. The summed E-state index contributed by atoms with van der Waals surface area (Å²) in [7, 11) is 0. The number of rotatable bonds is 9. The van der Waals surface area contributed by atoms with Gasteiger partial charge in [-0.25, -0.2) is 4.79 Å². The Balaban J connectivity index is 2.25. The topological polar surface area (TPSA) is 265 Å². The Morgan fingerprint density at radius 3 is 2.11 bits per heavy atom. The van der Waals surface area contributed by atoms with Crippen molar-refractivity contribution in [3.8, 4) is 0 Å². The highest BCUT2D eigenvalue weighted by Gasteiger charge is 2.56. The minimum absolute atomic E-state index is 0.628. The van der Waals surface area contributed by atoms with Crippen LogP contribution in [0, 0.1) is 0 Å². The SMILES string of the molecule is CC(=O)N[C@@H]1[C@@H](O)[C@@H](O)[C@@H](CO[C@@]2(C(=O)O)C[C@H](O)[C@@H](NC(C)=O)[C@H](C(O)C(O)CO)O2)O[C@H]1O. The first-order valence-corrected chi connectivity index (χ1v) is 10.7. The van der Waals surface area contributed by atoms with Gasteiger partial charge in [0.2, 0.25) is 11.8 Å². The van der Waals surface area contributed by atoms with Gasteiger partial charge in [-0.05, 0) is 0 Å². The lowest BCUT2D eigenvalue weighted by molar-refractivity contribution is -0.328. The van der Waals surface area contributed by atoms with E-state index in [0.717, 1.165) is 13.8 Å². The molecule has 11 atom stereocenters. The highest BCUT2D eigenvalue weighted by molar-refractivity contribution is 5.76. The first-order valence-electron chi connectivity index (χ1n) is 10.7. The molecule has 16 heteroatoms. The van der Waals surface area contributed by atoms with E-state index in [2.05, 4.69) is 10.6 Å². The number of carboxylic acid groups (broad SMARTS) is 1. The van der Waals surface area contributed by atoms with Crippen LogP contribution >= 0.6 is 0 Å². The number of nitrogens with one attached hydrogen (secondary N) is 2. The molecule has 10 N–H and O–H groups in total. The lowest BCUT2D eigenvalue weighted by atomic mass is 9.88. The predicted molar refractivity (Wildman–Crippen MR) is 109 cm³/mol. The van der Waals surface area contributed by atoms with E-state index in [1.807, 2.05) is 0 Å². The van der Waals surface area contributed by atoms with Gasteiger partial charge in [0, 0.05) is 20.3 Å². The largest absolute Gasteiger partial charge is 0.477 e. The molecule has 0 aromatic carbocycles. The second-order valence-corrected chi connectivity index (χ2v) is 8.46. The highest BCUT2D eigenvalue weighted by Crippen LogP contribution is 2.34. The van der Waals surface area contributed by atoms with Crippen LogP contribution in [-0.4, -0.2) is 139 Å². The van der Waals surface area contributed by atoms with Crippen molar-refractivity contribution in [2.24, 2.45) is 0 Å². The second-order valence-electron chi connectivity index (χ2n) is 8.46. The summed E-state index contributed by atoms with van der Waals surface area (Å²) < 4.78 is 15.9. The average molecular weight is 512 g/mol. The van der Waals surface area contributed by atoms with Crippen molar-refractivity contribution in [1.29, 1.82) is 0 Å². The lowest BCUT2D eigenvalue weighted by Crippen LogP contribution is -2.68. The van der Waals surface area contributed by atoms with E-state index in [1.165, 1.54) is 0 Å². The van der Waals surface area contributed by atoms with E-state index in [0.29, 0.717) is 0 Å². The molecule has 0 radical (unpaired) electrons. The maximum Gasteiger partial charge on any atom is 0.364 e. The maximum atomic E-state index is 12.1. The molecule has 35 heavy (non-hydrogen) atoms. The molecule has 2 amide bonds. The van der Waals surface area contributed by atoms with Crippen LogP contribution in [0.15, 0.2) is 0 Å². The van der Waals surface area contributed by atoms with Gasteiger partial charge >= 0.3 is 5.97 Å². The number of carboxylic acids is 1. The lowest BCUT2D eigenvalue weighted by Gasteiger charge is -2.47. The summed E-state index contributed by atoms with van der Waals surface area (Å²) >= 11 is 0. The van der Waals surface area contributed by atoms with Crippen molar-refractivity contribution in [3.63, 3.8) is 0 Å². The Morgan fingerprint density at radius 2 is 1.60 bits per heavy atom. The van der Waals surface area contributed by atoms with Gasteiger partial charge in [-0.3, -0.25) is 9.59 Å². The summed E-state index contributed by atoms with van der Waals surface area (Å²) in [4.78, 5) is 34.9. The molecule has 2 heterocycles. The molecule has 202 valence electrons. The molecule has 0 aliphatic carbocycles. The molecule has 0 aromatic heterocycles. The summed E-state index contributed by atoms with van der Waals surface area (Å²) in [5, 5.41) is 84.9. The van der Waals surface area contributed by atoms with Crippen LogP contribution in [0.1, 0.15) is 20.3 Å². The third-order valence-electron chi connectivity index (χ3n) is 5.76. The summed E-state index contributed by atoms with van der Waals surface area (Å²) in [6.07, 6.45) is -14.9. The third-order valence-corrected chi connectivity index (χ3v) is 5.76. The van der Waals surface area contributed by atoms with Gasteiger partial charge in [0.15, 0.2) is 6.29 Å². The molecule has 0 saturated carbocycles. The first kappa shape index (κ1) is 29.2. The number of aliphatic carboxylic acids is 1. The fourth-order valence-electron chi connectivity index (χ4n) is 3.97. The maximum absolute atomic E-state index is 12.1. The fraction of sp³-hybridized carbons (Fsp3) is 0.842. The van der Waals surface area contributed by atoms with Crippen molar-refractivity contribution < 1.29 is 69.4 Å². The van der Waals surface area contributed by atoms with Crippen LogP contribution in [0.5, 0.6) is 0 Å². The number of ether oxygens (including phenoxy) is 3. The van der Waals surface area contributed by atoms with Crippen molar-refractivity contribution in [1.82, 2.24) is 10.6 Å². The minimum atomic E-state index is -2.71. The van der Waals surface area contributed by atoms with Gasteiger partial charge in [0.05, 0.1) is 25.4 Å². The zero-order valence-electron chi connectivity index (χ0n) is 18.9. The fourth-order valence-corrected chi connectivity index (χ4v) is 3.97. The second kappa shape index (κ2) is 11.8. The van der Waals surface area contributed by atoms with Gasteiger partial charge in [0.25, 0.3) is 5.79 Å².